The van der Waals surface area contributed by atoms with E-state index < -0.39 is 18.1 Å². The number of carbonyl (C=O) groups excluding carboxylic acids is 1. The summed E-state index contributed by atoms with van der Waals surface area (Å²) in [6.45, 7) is 3.60. The Morgan fingerprint density at radius 1 is 1.12 bits per heavy atom. The Hall–Kier alpha value is -3.18. The number of nitrogens with two attached hydrogens (primary N) is 1. The lowest BCUT2D eigenvalue weighted by Crippen LogP contribution is -2.36. The summed E-state index contributed by atoms with van der Waals surface area (Å²) in [4.78, 5) is 27.3. The molecule has 0 unspecified atom stereocenters. The molecule has 0 atom stereocenters. The monoisotopic (exact) mass is 468 g/mol. The van der Waals surface area contributed by atoms with Crippen LogP contribution in [0.5, 0.6) is 0 Å². The highest BCUT2D eigenvalue weighted by molar-refractivity contribution is 5.97. The molecule has 2 aromatic heterocycles. The van der Waals surface area contributed by atoms with Gasteiger partial charge in [-0.2, -0.15) is 13.2 Å². The molecule has 9 nitrogen and oxygen atoms in total. The van der Waals surface area contributed by atoms with Gasteiger partial charge in [-0.1, -0.05) is 18.1 Å². The summed E-state index contributed by atoms with van der Waals surface area (Å²) in [5.74, 6) is -1.88. The third kappa shape index (κ3) is 6.20. The quantitative estimate of drug-likeness (QED) is 0.705. The van der Waals surface area contributed by atoms with Gasteiger partial charge in [-0.05, 0) is 44.7 Å². The van der Waals surface area contributed by atoms with Crippen molar-refractivity contribution in [2.24, 2.45) is 5.73 Å². The molecule has 4 rings (SSSR count). The van der Waals surface area contributed by atoms with Crippen LogP contribution in [0, 0.1) is 6.92 Å². The largest absolute Gasteiger partial charge is 0.490 e. The normalized spacial score (nSPS) is 17.5. The molecule has 2 fully saturated rings. The Labute approximate surface area is 188 Å². The number of pyridine rings is 1. The Morgan fingerprint density at radius 3 is 2.27 bits per heavy atom. The standard InChI is InChI=1S/C19H26N6O.C2HF3O2/c1-13-6-7-16(18(20)26)19(21-13)24-10-8-15(9-11-24)25-12-17(22-23-25)14-4-2-3-5-14;3-2(4,5)1(6)7/h6-7,12,14-15H,2-5,8-11H2,1H3,(H2,20,26);(H,6,7). The van der Waals surface area contributed by atoms with Crippen LogP contribution in [-0.4, -0.2) is 56.2 Å². The van der Waals surface area contributed by atoms with Gasteiger partial charge in [-0.3, -0.25) is 4.79 Å². The van der Waals surface area contributed by atoms with Crippen LogP contribution in [0.15, 0.2) is 18.3 Å². The van der Waals surface area contributed by atoms with Crippen molar-refractivity contribution in [1.29, 1.82) is 0 Å². The van der Waals surface area contributed by atoms with E-state index >= 15 is 0 Å². The van der Waals surface area contributed by atoms with Crippen LogP contribution in [0.2, 0.25) is 0 Å². The lowest BCUT2D eigenvalue weighted by atomic mass is 10.0. The van der Waals surface area contributed by atoms with Gasteiger partial charge < -0.3 is 15.7 Å². The van der Waals surface area contributed by atoms with Gasteiger partial charge in [0.05, 0.1) is 17.3 Å². The number of primary amides is 1. The SMILES string of the molecule is Cc1ccc(C(N)=O)c(N2CCC(n3cc(C4CCCC4)nn3)CC2)n1.O=C(O)C(F)(F)F. The van der Waals surface area contributed by atoms with Gasteiger partial charge in [0.15, 0.2) is 0 Å². The maximum Gasteiger partial charge on any atom is 0.490 e. The van der Waals surface area contributed by atoms with E-state index in [-0.39, 0.29) is 0 Å². The molecule has 1 aliphatic heterocycles. The smallest absolute Gasteiger partial charge is 0.475 e. The molecule has 0 aromatic carbocycles. The fourth-order valence-electron chi connectivity index (χ4n) is 4.20. The maximum atomic E-state index is 11.7. The fourth-order valence-corrected chi connectivity index (χ4v) is 4.20. The van der Waals surface area contributed by atoms with Gasteiger partial charge in [0, 0.05) is 30.9 Å². The van der Waals surface area contributed by atoms with E-state index in [4.69, 9.17) is 15.6 Å². The number of hydrogen-bond acceptors (Lipinski definition) is 6. The topological polar surface area (TPSA) is 127 Å². The lowest BCUT2D eigenvalue weighted by Gasteiger charge is -2.33. The number of carboxylic acids is 1. The minimum Gasteiger partial charge on any atom is -0.475 e. The van der Waals surface area contributed by atoms with E-state index in [0.29, 0.717) is 23.3 Å². The molecule has 1 amide bonds. The zero-order chi connectivity index (χ0) is 24.2. The third-order valence-electron chi connectivity index (χ3n) is 5.96. The molecule has 1 saturated carbocycles. The third-order valence-corrected chi connectivity index (χ3v) is 5.96. The number of aryl methyl sites for hydroxylation is 1. The summed E-state index contributed by atoms with van der Waals surface area (Å²) in [5.41, 5.74) is 8.07. The van der Waals surface area contributed by atoms with Crippen molar-refractivity contribution >= 4 is 17.7 Å². The van der Waals surface area contributed by atoms with Crippen molar-refractivity contribution in [2.75, 3.05) is 18.0 Å². The van der Waals surface area contributed by atoms with Crippen LogP contribution >= 0.6 is 0 Å². The molecule has 1 aliphatic carbocycles. The first-order chi connectivity index (χ1) is 15.6. The van der Waals surface area contributed by atoms with Gasteiger partial charge in [0.2, 0.25) is 0 Å². The molecule has 12 heteroatoms. The summed E-state index contributed by atoms with van der Waals surface area (Å²) in [7, 11) is 0. The number of amides is 1. The molecular formula is C21H27F3N6O3. The summed E-state index contributed by atoms with van der Waals surface area (Å²) < 4.78 is 33.8. The molecule has 2 aliphatic rings. The van der Waals surface area contributed by atoms with Crippen molar-refractivity contribution in [3.05, 3.63) is 35.3 Å². The van der Waals surface area contributed by atoms with Crippen LogP contribution in [0.25, 0.3) is 0 Å². The molecule has 0 radical (unpaired) electrons. The van der Waals surface area contributed by atoms with E-state index in [2.05, 4.69) is 26.4 Å². The number of alkyl halides is 3. The molecule has 3 N–H and O–H groups in total. The van der Waals surface area contributed by atoms with Crippen molar-refractivity contribution in [1.82, 2.24) is 20.0 Å². The van der Waals surface area contributed by atoms with E-state index in [9.17, 15) is 18.0 Å². The number of aromatic nitrogens is 4. The first-order valence-electron chi connectivity index (χ1n) is 10.8. The predicted octanol–water partition coefficient (Wildman–Crippen LogP) is 3.21. The molecule has 1 saturated heterocycles. The first kappa shape index (κ1) is 24.5. The Balaban J connectivity index is 0.000000383. The van der Waals surface area contributed by atoms with E-state index in [0.717, 1.165) is 37.3 Å². The van der Waals surface area contributed by atoms with Crippen LogP contribution in [0.3, 0.4) is 0 Å². The number of rotatable bonds is 4. The van der Waals surface area contributed by atoms with Gasteiger partial charge in [0.1, 0.15) is 5.82 Å². The highest BCUT2D eigenvalue weighted by Gasteiger charge is 2.38. The Kier molecular flexibility index (Phi) is 7.54. The molecule has 180 valence electrons. The van der Waals surface area contributed by atoms with E-state index in [1.165, 1.54) is 25.7 Å². The molecule has 3 heterocycles. The highest BCUT2D eigenvalue weighted by Crippen LogP contribution is 2.34. The number of anilines is 1. The van der Waals surface area contributed by atoms with Crippen molar-refractivity contribution < 1.29 is 27.9 Å². The number of carboxylic acid groups (broad SMARTS) is 1. The second-order valence-corrected chi connectivity index (χ2v) is 8.31. The molecule has 33 heavy (non-hydrogen) atoms. The van der Waals surface area contributed by atoms with Crippen molar-refractivity contribution in [2.45, 2.75) is 63.6 Å². The molecule has 0 bridgehead atoms. The summed E-state index contributed by atoms with van der Waals surface area (Å²) in [6.07, 6.45) is 4.08. The Bertz CT molecular complexity index is 980. The lowest BCUT2D eigenvalue weighted by molar-refractivity contribution is -0.192. The number of halogens is 3. The van der Waals surface area contributed by atoms with Gasteiger partial charge in [0.25, 0.3) is 5.91 Å². The van der Waals surface area contributed by atoms with Gasteiger partial charge in [-0.25, -0.2) is 14.5 Å². The van der Waals surface area contributed by atoms with Crippen LogP contribution in [0.4, 0.5) is 19.0 Å². The van der Waals surface area contributed by atoms with Gasteiger partial charge >= 0.3 is 12.1 Å². The number of aliphatic carboxylic acids is 1. The Morgan fingerprint density at radius 2 is 1.73 bits per heavy atom. The number of nitrogens with zero attached hydrogens (tertiary/aromatic N) is 5. The summed E-state index contributed by atoms with van der Waals surface area (Å²) >= 11 is 0. The molecular weight excluding hydrogens is 441 g/mol. The summed E-state index contributed by atoms with van der Waals surface area (Å²) in [6, 6.07) is 3.96. The van der Waals surface area contributed by atoms with Gasteiger partial charge in [-0.15, -0.1) is 5.10 Å². The molecule has 0 spiro atoms. The zero-order valence-electron chi connectivity index (χ0n) is 18.3. The minimum atomic E-state index is -5.08. The summed E-state index contributed by atoms with van der Waals surface area (Å²) in [5, 5.41) is 16.0. The highest BCUT2D eigenvalue weighted by atomic mass is 19.4. The maximum absolute atomic E-state index is 11.7. The van der Waals surface area contributed by atoms with Crippen LogP contribution < -0.4 is 10.6 Å². The molecule has 2 aromatic rings. The van der Waals surface area contributed by atoms with Crippen LogP contribution in [-0.2, 0) is 4.79 Å². The second-order valence-electron chi connectivity index (χ2n) is 8.31. The van der Waals surface area contributed by atoms with Crippen molar-refractivity contribution in [3.63, 3.8) is 0 Å². The minimum absolute atomic E-state index is 0.357. The number of carbonyl (C=O) groups is 2. The average molecular weight is 468 g/mol. The predicted molar refractivity (Wildman–Crippen MR) is 113 cm³/mol. The van der Waals surface area contributed by atoms with E-state index in [1.54, 1.807) is 6.07 Å². The second kappa shape index (κ2) is 10.2. The number of hydrogen-bond donors (Lipinski definition) is 2. The van der Waals surface area contributed by atoms with Crippen molar-refractivity contribution in [3.8, 4) is 0 Å². The average Bonchev–Trinajstić information content (AvgIpc) is 3.45. The zero-order valence-corrected chi connectivity index (χ0v) is 18.3. The first-order valence-corrected chi connectivity index (χ1v) is 10.8. The van der Waals surface area contributed by atoms with Crippen LogP contribution in [0.1, 0.15) is 72.2 Å². The van der Waals surface area contributed by atoms with E-state index in [1.807, 2.05) is 17.7 Å². The number of piperidine rings is 1. The fraction of sp³-hybridized carbons (Fsp3) is 0.571.